The molecule has 0 aliphatic carbocycles. The summed E-state index contributed by atoms with van der Waals surface area (Å²) in [5.74, 6) is 0. The van der Waals surface area contributed by atoms with Crippen LogP contribution < -0.4 is 4.90 Å². The van der Waals surface area contributed by atoms with Gasteiger partial charge in [-0.1, -0.05) is 12.1 Å². The van der Waals surface area contributed by atoms with Gasteiger partial charge in [0.2, 0.25) is 0 Å². The number of benzene rings is 2. The van der Waals surface area contributed by atoms with Crippen molar-refractivity contribution in [3.05, 3.63) is 48.5 Å². The Bertz CT molecular complexity index is 766. The first kappa shape index (κ1) is 14.6. The predicted molar refractivity (Wildman–Crippen MR) is 93.2 cm³/mol. The number of anilines is 1. The predicted octanol–water partition coefficient (Wildman–Crippen LogP) is 4.70. The van der Waals surface area contributed by atoms with Crippen molar-refractivity contribution in [1.29, 1.82) is 5.26 Å². The molecule has 0 spiro atoms. The van der Waals surface area contributed by atoms with Gasteiger partial charge in [-0.2, -0.15) is 5.26 Å². The topological polar surface area (TPSA) is 39.9 Å². The molecule has 3 nitrogen and oxygen atoms in total. The van der Waals surface area contributed by atoms with Crippen molar-refractivity contribution in [3.63, 3.8) is 0 Å². The van der Waals surface area contributed by atoms with E-state index in [0.29, 0.717) is 6.42 Å². The van der Waals surface area contributed by atoms with Gasteiger partial charge < -0.3 is 4.90 Å². The van der Waals surface area contributed by atoms with E-state index in [1.165, 1.54) is 4.70 Å². The van der Waals surface area contributed by atoms with E-state index >= 15 is 0 Å². The lowest BCUT2D eigenvalue weighted by Gasteiger charge is -2.21. The number of hydrogen-bond donors (Lipinski definition) is 0. The zero-order chi connectivity index (χ0) is 15.4. The highest BCUT2D eigenvalue weighted by molar-refractivity contribution is 7.21. The lowest BCUT2D eigenvalue weighted by molar-refractivity contribution is 0.827. The van der Waals surface area contributed by atoms with Crippen molar-refractivity contribution < 1.29 is 0 Å². The van der Waals surface area contributed by atoms with Crippen LogP contribution in [0.3, 0.4) is 0 Å². The Balaban J connectivity index is 1.85. The summed E-state index contributed by atoms with van der Waals surface area (Å²) < 4.78 is 1.21. The second kappa shape index (κ2) is 6.59. The molecule has 0 saturated carbocycles. The fraction of sp³-hybridized carbons (Fsp3) is 0.222. The Labute approximate surface area is 134 Å². The molecule has 0 amide bonds. The maximum atomic E-state index is 8.74. The molecule has 0 radical (unpaired) electrons. The summed E-state index contributed by atoms with van der Waals surface area (Å²) in [6.07, 6.45) is 0.549. The molecule has 1 aromatic heterocycles. The van der Waals surface area contributed by atoms with Gasteiger partial charge in [0.05, 0.1) is 22.7 Å². The maximum Gasteiger partial charge on any atom is 0.124 e. The molecule has 0 aliphatic rings. The van der Waals surface area contributed by atoms with Gasteiger partial charge in [0.1, 0.15) is 5.01 Å². The van der Waals surface area contributed by atoms with Crippen molar-refractivity contribution in [2.45, 2.75) is 13.3 Å². The van der Waals surface area contributed by atoms with Gasteiger partial charge in [-0.15, -0.1) is 11.3 Å². The second-order valence-corrected chi connectivity index (χ2v) is 6.05. The number of nitrogens with zero attached hydrogens (tertiary/aromatic N) is 3. The van der Waals surface area contributed by atoms with Crippen LogP contribution in [0.5, 0.6) is 0 Å². The highest BCUT2D eigenvalue weighted by atomic mass is 32.1. The first-order valence-corrected chi connectivity index (χ1v) is 8.21. The number of aromatic nitrogens is 1. The standard InChI is InChI=1S/C18H17N3S/c1-2-21(13-5-12-19)15-10-8-14(9-11-15)18-20-16-6-3-4-7-17(16)22-18/h3-4,6-11H,2,5,13H2,1H3. The average molecular weight is 307 g/mol. The number of fused-ring (bicyclic) bond motifs is 1. The quantitative estimate of drug-likeness (QED) is 0.685. The zero-order valence-corrected chi connectivity index (χ0v) is 13.3. The molecule has 0 fully saturated rings. The minimum Gasteiger partial charge on any atom is -0.371 e. The van der Waals surface area contributed by atoms with E-state index in [9.17, 15) is 0 Å². The molecule has 0 aliphatic heterocycles. The van der Waals surface area contributed by atoms with E-state index in [1.807, 2.05) is 18.2 Å². The van der Waals surface area contributed by atoms with Gasteiger partial charge in [-0.25, -0.2) is 4.98 Å². The Kier molecular flexibility index (Phi) is 4.36. The van der Waals surface area contributed by atoms with E-state index in [-0.39, 0.29) is 0 Å². The summed E-state index contributed by atoms with van der Waals surface area (Å²) in [6.45, 7) is 3.79. The highest BCUT2D eigenvalue weighted by Crippen LogP contribution is 2.31. The van der Waals surface area contributed by atoms with Crippen LogP contribution in [0, 0.1) is 11.3 Å². The molecular weight excluding hydrogens is 290 g/mol. The average Bonchev–Trinajstić information content (AvgIpc) is 3.00. The van der Waals surface area contributed by atoms with E-state index in [1.54, 1.807) is 11.3 Å². The number of para-hydroxylation sites is 1. The van der Waals surface area contributed by atoms with Gasteiger partial charge in [-0.3, -0.25) is 0 Å². The Hall–Kier alpha value is -2.38. The van der Waals surface area contributed by atoms with Crippen LogP contribution in [0.1, 0.15) is 13.3 Å². The van der Waals surface area contributed by atoms with Crippen molar-refractivity contribution in [1.82, 2.24) is 4.98 Å². The SMILES string of the molecule is CCN(CCC#N)c1ccc(-c2nc3ccccc3s2)cc1. The minimum atomic E-state index is 0.549. The summed E-state index contributed by atoms with van der Waals surface area (Å²) >= 11 is 1.72. The van der Waals surface area contributed by atoms with Gasteiger partial charge >= 0.3 is 0 Å². The second-order valence-electron chi connectivity index (χ2n) is 5.02. The lowest BCUT2D eigenvalue weighted by atomic mass is 10.2. The molecule has 0 bridgehead atoms. The molecule has 3 rings (SSSR count). The molecule has 0 N–H and O–H groups in total. The van der Waals surface area contributed by atoms with Gasteiger partial charge in [0.25, 0.3) is 0 Å². The third-order valence-electron chi connectivity index (χ3n) is 3.65. The lowest BCUT2D eigenvalue weighted by Crippen LogP contribution is -2.23. The van der Waals surface area contributed by atoms with Crippen LogP contribution in [0.4, 0.5) is 5.69 Å². The number of thiazole rings is 1. The number of nitriles is 1. The number of hydrogen-bond acceptors (Lipinski definition) is 4. The van der Waals surface area contributed by atoms with Crippen LogP contribution in [0.25, 0.3) is 20.8 Å². The monoisotopic (exact) mass is 307 g/mol. The Morgan fingerprint density at radius 1 is 1.14 bits per heavy atom. The molecule has 4 heteroatoms. The van der Waals surface area contributed by atoms with Crippen molar-refractivity contribution in [2.24, 2.45) is 0 Å². The molecular formula is C18H17N3S. The van der Waals surface area contributed by atoms with Crippen LogP contribution in [-0.4, -0.2) is 18.1 Å². The molecule has 3 aromatic rings. The van der Waals surface area contributed by atoms with Crippen molar-refractivity contribution in [3.8, 4) is 16.6 Å². The Morgan fingerprint density at radius 2 is 1.91 bits per heavy atom. The summed E-state index contributed by atoms with van der Waals surface area (Å²) in [7, 11) is 0. The zero-order valence-electron chi connectivity index (χ0n) is 12.5. The fourth-order valence-corrected chi connectivity index (χ4v) is 3.44. The molecule has 110 valence electrons. The van der Waals surface area contributed by atoms with Crippen LogP contribution in [0.15, 0.2) is 48.5 Å². The van der Waals surface area contributed by atoms with Gasteiger partial charge in [0.15, 0.2) is 0 Å². The molecule has 22 heavy (non-hydrogen) atoms. The van der Waals surface area contributed by atoms with Gasteiger partial charge in [-0.05, 0) is 43.3 Å². The van der Waals surface area contributed by atoms with Crippen molar-refractivity contribution >= 4 is 27.2 Å². The van der Waals surface area contributed by atoms with E-state index in [2.05, 4.69) is 53.2 Å². The van der Waals surface area contributed by atoms with Gasteiger partial charge in [0, 0.05) is 24.3 Å². The Morgan fingerprint density at radius 3 is 2.59 bits per heavy atom. The molecule has 0 saturated heterocycles. The van der Waals surface area contributed by atoms with Crippen molar-refractivity contribution in [2.75, 3.05) is 18.0 Å². The van der Waals surface area contributed by atoms with Crippen LogP contribution >= 0.6 is 11.3 Å². The first-order valence-electron chi connectivity index (χ1n) is 7.39. The first-order chi connectivity index (χ1) is 10.8. The maximum absolute atomic E-state index is 8.74. The van der Waals surface area contributed by atoms with E-state index in [0.717, 1.165) is 34.9 Å². The summed E-state index contributed by atoms with van der Waals surface area (Å²) in [4.78, 5) is 6.90. The largest absolute Gasteiger partial charge is 0.371 e. The third kappa shape index (κ3) is 2.95. The normalized spacial score (nSPS) is 10.5. The minimum absolute atomic E-state index is 0.549. The highest BCUT2D eigenvalue weighted by Gasteiger charge is 2.08. The number of rotatable bonds is 5. The van der Waals surface area contributed by atoms with Crippen LogP contribution in [0.2, 0.25) is 0 Å². The summed E-state index contributed by atoms with van der Waals surface area (Å²) in [5, 5.41) is 9.78. The molecule has 0 atom stereocenters. The molecule has 2 aromatic carbocycles. The van der Waals surface area contributed by atoms with E-state index < -0.39 is 0 Å². The third-order valence-corrected chi connectivity index (χ3v) is 4.73. The fourth-order valence-electron chi connectivity index (χ4n) is 2.47. The smallest absolute Gasteiger partial charge is 0.124 e. The molecule has 0 unspecified atom stereocenters. The summed E-state index contributed by atoms with van der Waals surface area (Å²) in [6, 6.07) is 18.9. The van der Waals surface area contributed by atoms with Crippen LogP contribution in [-0.2, 0) is 0 Å². The molecule has 1 heterocycles. The summed E-state index contributed by atoms with van der Waals surface area (Å²) in [5.41, 5.74) is 3.35. The van der Waals surface area contributed by atoms with E-state index in [4.69, 9.17) is 5.26 Å².